The van der Waals surface area contributed by atoms with Crippen LogP contribution in [0.25, 0.3) is 0 Å². The quantitative estimate of drug-likeness (QED) is 0.754. The number of alkyl halides is 3. The molecule has 0 saturated heterocycles. The van der Waals surface area contributed by atoms with Crippen molar-refractivity contribution >= 4 is 34.8 Å². The topological polar surface area (TPSA) is 58.6 Å². The van der Waals surface area contributed by atoms with E-state index in [1.165, 1.54) is 18.2 Å². The lowest BCUT2D eigenvalue weighted by atomic mass is 10.2. The van der Waals surface area contributed by atoms with E-state index in [9.17, 15) is 23.1 Å². The van der Waals surface area contributed by atoms with Crippen LogP contribution in [-0.4, -0.2) is 17.6 Å². The minimum Gasteiger partial charge on any atom is -0.506 e. The van der Waals surface area contributed by atoms with Crippen LogP contribution in [0.5, 0.6) is 11.5 Å². The Bertz CT molecular complexity index is 766. The summed E-state index contributed by atoms with van der Waals surface area (Å²) in [6.07, 6.45) is -4.52. The first-order valence-corrected chi connectivity index (χ1v) is 7.20. The molecule has 0 heterocycles. The SMILES string of the molecule is O=C(COc1ccc(C(F)(F)F)cc1Cl)Nc1ccc(O)c(Cl)c1. The second-order valence-corrected chi connectivity index (χ2v) is 5.46. The van der Waals surface area contributed by atoms with Gasteiger partial charge in [0.1, 0.15) is 11.5 Å². The zero-order valence-electron chi connectivity index (χ0n) is 11.8. The van der Waals surface area contributed by atoms with Gasteiger partial charge in [-0.15, -0.1) is 0 Å². The number of phenolic OH excluding ortho intramolecular Hbond substituents is 1. The van der Waals surface area contributed by atoms with Crippen molar-refractivity contribution < 1.29 is 27.8 Å². The number of carbonyl (C=O) groups is 1. The van der Waals surface area contributed by atoms with Crippen molar-refractivity contribution in [3.05, 3.63) is 52.0 Å². The molecule has 0 saturated carbocycles. The number of anilines is 1. The third-order valence-electron chi connectivity index (χ3n) is 2.85. The molecule has 0 aliphatic heterocycles. The van der Waals surface area contributed by atoms with Gasteiger partial charge in [0.15, 0.2) is 6.61 Å². The number of halogens is 5. The molecule has 0 aliphatic carbocycles. The Morgan fingerprint density at radius 3 is 2.42 bits per heavy atom. The number of amides is 1. The zero-order chi connectivity index (χ0) is 17.9. The van der Waals surface area contributed by atoms with Crippen molar-refractivity contribution in [2.24, 2.45) is 0 Å². The average Bonchev–Trinajstić information content (AvgIpc) is 2.49. The van der Waals surface area contributed by atoms with Crippen molar-refractivity contribution in [2.75, 3.05) is 11.9 Å². The molecule has 0 fully saturated rings. The fourth-order valence-corrected chi connectivity index (χ4v) is 2.13. The number of ether oxygens (including phenoxy) is 1. The fourth-order valence-electron chi connectivity index (χ4n) is 1.72. The lowest BCUT2D eigenvalue weighted by molar-refractivity contribution is -0.137. The molecule has 24 heavy (non-hydrogen) atoms. The van der Waals surface area contributed by atoms with E-state index in [2.05, 4.69) is 5.32 Å². The number of benzene rings is 2. The molecule has 2 rings (SSSR count). The van der Waals surface area contributed by atoms with E-state index < -0.39 is 24.3 Å². The van der Waals surface area contributed by atoms with E-state index in [1.54, 1.807) is 0 Å². The molecule has 1 amide bonds. The monoisotopic (exact) mass is 379 g/mol. The van der Waals surface area contributed by atoms with Gasteiger partial charge in [0.25, 0.3) is 5.91 Å². The van der Waals surface area contributed by atoms with Gasteiger partial charge < -0.3 is 15.2 Å². The Hall–Kier alpha value is -2.12. The molecule has 0 aliphatic rings. The molecule has 4 nitrogen and oxygen atoms in total. The largest absolute Gasteiger partial charge is 0.506 e. The third kappa shape index (κ3) is 4.69. The normalized spacial score (nSPS) is 11.2. The molecule has 2 aromatic carbocycles. The summed E-state index contributed by atoms with van der Waals surface area (Å²) in [6.45, 7) is -0.469. The Labute approximate surface area is 144 Å². The van der Waals surface area contributed by atoms with E-state index >= 15 is 0 Å². The molecule has 0 atom stereocenters. The van der Waals surface area contributed by atoms with Crippen LogP contribution < -0.4 is 10.1 Å². The minimum absolute atomic E-state index is 0.0523. The van der Waals surface area contributed by atoms with Crippen LogP contribution in [0.4, 0.5) is 18.9 Å². The van der Waals surface area contributed by atoms with Gasteiger partial charge in [-0.2, -0.15) is 13.2 Å². The molecule has 0 unspecified atom stereocenters. The molecule has 9 heteroatoms. The maximum absolute atomic E-state index is 12.5. The van der Waals surface area contributed by atoms with Crippen molar-refractivity contribution in [1.29, 1.82) is 0 Å². The highest BCUT2D eigenvalue weighted by molar-refractivity contribution is 6.32. The van der Waals surface area contributed by atoms with Crippen molar-refractivity contribution in [3.8, 4) is 11.5 Å². The van der Waals surface area contributed by atoms with E-state index in [0.29, 0.717) is 11.8 Å². The smallest absolute Gasteiger partial charge is 0.416 e. The van der Waals surface area contributed by atoms with E-state index in [0.717, 1.165) is 12.1 Å². The number of hydrogen-bond acceptors (Lipinski definition) is 3. The van der Waals surface area contributed by atoms with E-state index in [4.69, 9.17) is 27.9 Å². The first kappa shape index (κ1) is 18.2. The van der Waals surface area contributed by atoms with E-state index in [1.807, 2.05) is 0 Å². The van der Waals surface area contributed by atoms with Crippen LogP contribution in [0.1, 0.15) is 5.56 Å². The molecule has 0 spiro atoms. The summed E-state index contributed by atoms with van der Waals surface area (Å²) in [5, 5.41) is 11.5. The highest BCUT2D eigenvalue weighted by atomic mass is 35.5. The van der Waals surface area contributed by atoms with Crippen LogP contribution in [0.3, 0.4) is 0 Å². The second-order valence-electron chi connectivity index (χ2n) is 4.65. The predicted octanol–water partition coefficient (Wildman–Crippen LogP) is 4.74. The Morgan fingerprint density at radius 1 is 1.12 bits per heavy atom. The summed E-state index contributed by atoms with van der Waals surface area (Å²) in [5.41, 5.74) is -0.590. The molecule has 0 aromatic heterocycles. The number of nitrogens with one attached hydrogen (secondary N) is 1. The van der Waals surface area contributed by atoms with Crippen LogP contribution >= 0.6 is 23.2 Å². The first-order chi connectivity index (χ1) is 11.2. The molecular formula is C15H10Cl2F3NO3. The summed E-state index contributed by atoms with van der Waals surface area (Å²) >= 11 is 11.4. The number of rotatable bonds is 4. The van der Waals surface area contributed by atoms with Gasteiger partial charge in [-0.3, -0.25) is 4.79 Å². The van der Waals surface area contributed by atoms with Gasteiger partial charge in [-0.1, -0.05) is 23.2 Å². The number of carbonyl (C=O) groups excluding carboxylic acids is 1. The van der Waals surface area contributed by atoms with Gasteiger partial charge >= 0.3 is 6.18 Å². The van der Waals surface area contributed by atoms with Gasteiger partial charge in [0, 0.05) is 5.69 Å². The standard InChI is InChI=1S/C15H10Cl2F3NO3/c16-10-6-9(2-3-12(10)22)21-14(23)7-24-13-4-1-8(5-11(13)17)15(18,19)20/h1-6,22H,7H2,(H,21,23). The van der Waals surface area contributed by atoms with Gasteiger partial charge in [-0.05, 0) is 36.4 Å². The number of hydrogen-bond donors (Lipinski definition) is 2. The summed E-state index contributed by atoms with van der Waals surface area (Å²) in [7, 11) is 0. The zero-order valence-corrected chi connectivity index (χ0v) is 13.3. The maximum Gasteiger partial charge on any atom is 0.416 e. The molecule has 0 bridgehead atoms. The summed E-state index contributed by atoms with van der Waals surface area (Å²) < 4.78 is 42.7. The molecular weight excluding hydrogens is 370 g/mol. The average molecular weight is 380 g/mol. The van der Waals surface area contributed by atoms with Crippen LogP contribution in [-0.2, 0) is 11.0 Å². The van der Waals surface area contributed by atoms with Crippen molar-refractivity contribution in [2.45, 2.75) is 6.18 Å². The van der Waals surface area contributed by atoms with Crippen LogP contribution in [0, 0.1) is 0 Å². The fraction of sp³-hybridized carbons (Fsp3) is 0.133. The Balaban J connectivity index is 1.97. The Kier molecular flexibility index (Phi) is 5.46. The number of phenols is 1. The maximum atomic E-state index is 12.5. The molecule has 2 aromatic rings. The lowest BCUT2D eigenvalue weighted by Gasteiger charge is -2.11. The minimum atomic E-state index is -4.52. The highest BCUT2D eigenvalue weighted by Crippen LogP contribution is 2.34. The van der Waals surface area contributed by atoms with Gasteiger partial charge in [0.05, 0.1) is 15.6 Å². The second kappa shape index (κ2) is 7.19. The first-order valence-electron chi connectivity index (χ1n) is 6.45. The number of aromatic hydroxyl groups is 1. The highest BCUT2D eigenvalue weighted by Gasteiger charge is 2.31. The Morgan fingerprint density at radius 2 is 1.83 bits per heavy atom. The van der Waals surface area contributed by atoms with E-state index in [-0.39, 0.29) is 21.5 Å². The van der Waals surface area contributed by atoms with Gasteiger partial charge in [-0.25, -0.2) is 0 Å². The summed E-state index contributed by atoms with van der Waals surface area (Å²) in [5.74, 6) is -0.765. The molecule has 0 radical (unpaired) electrons. The predicted molar refractivity (Wildman–Crippen MR) is 83.7 cm³/mol. The summed E-state index contributed by atoms with van der Waals surface area (Å²) in [6, 6.07) is 6.61. The molecule has 2 N–H and O–H groups in total. The third-order valence-corrected chi connectivity index (χ3v) is 3.45. The van der Waals surface area contributed by atoms with Gasteiger partial charge in [0.2, 0.25) is 0 Å². The van der Waals surface area contributed by atoms with Crippen LogP contribution in [0.2, 0.25) is 10.0 Å². The lowest BCUT2D eigenvalue weighted by Crippen LogP contribution is -2.20. The van der Waals surface area contributed by atoms with Crippen molar-refractivity contribution in [3.63, 3.8) is 0 Å². The summed E-state index contributed by atoms with van der Waals surface area (Å²) in [4.78, 5) is 11.8. The van der Waals surface area contributed by atoms with Crippen LogP contribution in [0.15, 0.2) is 36.4 Å². The van der Waals surface area contributed by atoms with Crippen molar-refractivity contribution in [1.82, 2.24) is 0 Å². The molecule has 128 valence electrons.